The summed E-state index contributed by atoms with van der Waals surface area (Å²) in [5.74, 6) is 0.914. The molecule has 2 unspecified atom stereocenters. The Kier molecular flexibility index (Phi) is 7.25. The topological polar surface area (TPSA) is 9.23 Å². The van der Waals surface area contributed by atoms with Crippen molar-refractivity contribution in [1.82, 2.24) is 0 Å². The van der Waals surface area contributed by atoms with Gasteiger partial charge in [-0.1, -0.05) is 140 Å². The summed E-state index contributed by atoms with van der Waals surface area (Å²) in [5.41, 5.74) is 3.74. The number of hydrogen-bond acceptors (Lipinski definition) is 1. The summed E-state index contributed by atoms with van der Waals surface area (Å²) >= 11 is 0. The molecule has 0 amide bonds. The molecule has 174 valence electrons. The molecular weight excluding hydrogens is 445 g/mol. The SMILES string of the molecule is COc1ccc(C(C(c2ccccc2)[Si](C)(C)c2ccccc2)[Si](C)(C)c2ccccc2)cc1. The van der Waals surface area contributed by atoms with E-state index in [4.69, 9.17) is 4.74 Å². The minimum atomic E-state index is -1.97. The van der Waals surface area contributed by atoms with Gasteiger partial charge in [-0.25, -0.2) is 0 Å². The van der Waals surface area contributed by atoms with E-state index in [-0.39, 0.29) is 0 Å². The van der Waals surface area contributed by atoms with E-state index in [0.717, 1.165) is 5.75 Å². The van der Waals surface area contributed by atoms with Crippen LogP contribution in [0.2, 0.25) is 26.2 Å². The zero-order valence-corrected chi connectivity index (χ0v) is 23.0. The van der Waals surface area contributed by atoms with Crippen LogP contribution in [-0.2, 0) is 0 Å². The summed E-state index contributed by atoms with van der Waals surface area (Å²) in [6.45, 7) is 10.2. The quantitative estimate of drug-likeness (QED) is 0.250. The molecule has 0 saturated carbocycles. The molecule has 0 radical (unpaired) electrons. The molecule has 2 atom stereocenters. The van der Waals surface area contributed by atoms with E-state index in [2.05, 4.69) is 141 Å². The minimum Gasteiger partial charge on any atom is -0.497 e. The first-order chi connectivity index (χ1) is 16.4. The van der Waals surface area contributed by atoms with Gasteiger partial charge in [-0.2, -0.15) is 0 Å². The standard InChI is InChI=1S/C31H36OSi2/c1-32-27-23-21-26(22-24-27)31(34(4,5)29-19-13-8-14-20-29)30(25-15-9-6-10-16-25)33(2,3)28-17-11-7-12-18-28/h6-24,30-31H,1-5H3. The van der Waals surface area contributed by atoms with Gasteiger partial charge >= 0.3 is 0 Å². The zero-order valence-electron chi connectivity index (χ0n) is 21.0. The molecule has 0 fully saturated rings. The van der Waals surface area contributed by atoms with Crippen LogP contribution in [0.25, 0.3) is 0 Å². The molecule has 0 spiro atoms. The maximum absolute atomic E-state index is 5.52. The number of hydrogen-bond donors (Lipinski definition) is 0. The van der Waals surface area contributed by atoms with Crippen molar-refractivity contribution in [2.75, 3.05) is 7.11 Å². The van der Waals surface area contributed by atoms with E-state index >= 15 is 0 Å². The van der Waals surface area contributed by atoms with Crippen LogP contribution in [0.3, 0.4) is 0 Å². The van der Waals surface area contributed by atoms with Gasteiger partial charge in [0, 0.05) is 0 Å². The first-order valence-electron chi connectivity index (χ1n) is 12.2. The molecule has 4 rings (SSSR count). The van der Waals surface area contributed by atoms with E-state index in [9.17, 15) is 0 Å². The number of methoxy groups -OCH3 is 1. The molecule has 0 aliphatic carbocycles. The van der Waals surface area contributed by atoms with Gasteiger partial charge in [0.15, 0.2) is 0 Å². The van der Waals surface area contributed by atoms with Gasteiger partial charge < -0.3 is 4.74 Å². The lowest BCUT2D eigenvalue weighted by molar-refractivity contribution is 0.414. The van der Waals surface area contributed by atoms with Crippen molar-refractivity contribution in [1.29, 1.82) is 0 Å². The number of benzene rings is 4. The Morgan fingerprint density at radius 2 is 0.824 bits per heavy atom. The molecular formula is C31H36OSi2. The van der Waals surface area contributed by atoms with Gasteiger partial charge in [-0.05, 0) is 34.3 Å². The minimum absolute atomic E-state index is 0.421. The normalized spacial score (nSPS) is 13.8. The van der Waals surface area contributed by atoms with Gasteiger partial charge in [0.1, 0.15) is 5.75 Å². The van der Waals surface area contributed by atoms with Crippen molar-refractivity contribution >= 4 is 26.5 Å². The number of ether oxygens (including phenoxy) is 1. The van der Waals surface area contributed by atoms with E-state index < -0.39 is 16.1 Å². The molecule has 0 N–H and O–H groups in total. The summed E-state index contributed by atoms with van der Waals surface area (Å²) < 4.78 is 5.52. The molecule has 34 heavy (non-hydrogen) atoms. The lowest BCUT2D eigenvalue weighted by Crippen LogP contribution is -2.58. The highest BCUT2D eigenvalue weighted by Crippen LogP contribution is 2.45. The molecule has 3 heteroatoms. The van der Waals surface area contributed by atoms with Gasteiger partial charge in [-0.3, -0.25) is 0 Å². The Bertz CT molecular complexity index is 1170. The second-order valence-corrected chi connectivity index (χ2v) is 19.6. The molecule has 4 aromatic carbocycles. The third-order valence-corrected chi connectivity index (χ3v) is 16.0. The van der Waals surface area contributed by atoms with Crippen molar-refractivity contribution in [3.63, 3.8) is 0 Å². The summed E-state index contributed by atoms with van der Waals surface area (Å²) in [4.78, 5) is 0. The second kappa shape index (κ2) is 10.2. The first kappa shape index (κ1) is 24.2. The highest BCUT2D eigenvalue weighted by Gasteiger charge is 2.48. The third-order valence-electron chi connectivity index (χ3n) is 7.56. The van der Waals surface area contributed by atoms with Crippen LogP contribution in [-0.4, -0.2) is 23.3 Å². The van der Waals surface area contributed by atoms with Crippen LogP contribution in [0, 0.1) is 0 Å². The smallest absolute Gasteiger partial charge is 0.118 e. The Morgan fingerprint density at radius 3 is 1.21 bits per heavy atom. The van der Waals surface area contributed by atoms with Crippen molar-refractivity contribution < 1.29 is 4.74 Å². The van der Waals surface area contributed by atoms with Crippen LogP contribution >= 0.6 is 0 Å². The molecule has 4 aromatic rings. The predicted octanol–water partition coefficient (Wildman–Crippen LogP) is 6.87. The second-order valence-electron chi connectivity index (χ2n) is 10.3. The monoisotopic (exact) mass is 480 g/mol. The number of rotatable bonds is 8. The van der Waals surface area contributed by atoms with Gasteiger partial charge in [-0.15, -0.1) is 0 Å². The summed E-state index contributed by atoms with van der Waals surface area (Å²) in [6.07, 6.45) is 0. The summed E-state index contributed by atoms with van der Waals surface area (Å²) in [5, 5.41) is 3.02. The molecule has 0 aromatic heterocycles. The van der Waals surface area contributed by atoms with Gasteiger partial charge in [0.2, 0.25) is 0 Å². The molecule has 0 aliphatic heterocycles. The summed E-state index contributed by atoms with van der Waals surface area (Å²) in [7, 11) is -2.19. The van der Waals surface area contributed by atoms with Gasteiger partial charge in [0.25, 0.3) is 0 Å². The third kappa shape index (κ3) is 4.82. The van der Waals surface area contributed by atoms with E-state index in [1.165, 1.54) is 21.5 Å². The fraction of sp³-hybridized carbons (Fsp3) is 0.226. The van der Waals surface area contributed by atoms with Crippen LogP contribution in [0.15, 0.2) is 115 Å². The average molecular weight is 481 g/mol. The van der Waals surface area contributed by atoms with E-state index in [1.807, 2.05) is 0 Å². The summed E-state index contributed by atoms with van der Waals surface area (Å²) in [6, 6.07) is 42.6. The lowest BCUT2D eigenvalue weighted by Gasteiger charge is -2.46. The largest absolute Gasteiger partial charge is 0.497 e. The highest BCUT2D eigenvalue weighted by atomic mass is 28.3. The van der Waals surface area contributed by atoms with Crippen LogP contribution in [0.4, 0.5) is 0 Å². The van der Waals surface area contributed by atoms with Crippen LogP contribution in [0.1, 0.15) is 22.2 Å². The Hall–Kier alpha value is -2.89. The maximum Gasteiger partial charge on any atom is 0.118 e. The highest BCUT2D eigenvalue weighted by molar-refractivity contribution is 6.96. The Balaban J connectivity index is 1.98. The average Bonchev–Trinajstić information content (AvgIpc) is 2.88. The molecule has 0 heterocycles. The Labute approximate surface area is 207 Å². The maximum atomic E-state index is 5.52. The fourth-order valence-corrected chi connectivity index (χ4v) is 15.0. The fourth-order valence-electron chi connectivity index (χ4n) is 5.62. The van der Waals surface area contributed by atoms with Crippen molar-refractivity contribution in [2.45, 2.75) is 37.3 Å². The van der Waals surface area contributed by atoms with Gasteiger partial charge in [0.05, 0.1) is 23.3 Å². The van der Waals surface area contributed by atoms with Crippen LogP contribution < -0.4 is 15.1 Å². The van der Waals surface area contributed by atoms with Crippen molar-refractivity contribution in [3.05, 3.63) is 126 Å². The van der Waals surface area contributed by atoms with Crippen LogP contribution in [0.5, 0.6) is 5.75 Å². The van der Waals surface area contributed by atoms with E-state index in [0.29, 0.717) is 11.1 Å². The van der Waals surface area contributed by atoms with E-state index in [1.54, 1.807) is 7.11 Å². The molecule has 0 bridgehead atoms. The Morgan fingerprint density at radius 1 is 0.471 bits per heavy atom. The first-order valence-corrected chi connectivity index (χ1v) is 18.3. The molecule has 0 aliphatic rings. The van der Waals surface area contributed by atoms with Crippen molar-refractivity contribution in [2.24, 2.45) is 0 Å². The lowest BCUT2D eigenvalue weighted by atomic mass is 10.0. The zero-order chi connectivity index (χ0) is 24.2. The molecule has 1 nitrogen and oxygen atoms in total. The van der Waals surface area contributed by atoms with Crippen molar-refractivity contribution in [3.8, 4) is 5.75 Å². The predicted molar refractivity (Wildman–Crippen MR) is 152 cm³/mol. The molecule has 0 saturated heterocycles.